The van der Waals surface area contributed by atoms with Crippen LogP contribution in [-0.4, -0.2) is 24.4 Å². The number of halogens is 1. The van der Waals surface area contributed by atoms with Crippen LogP contribution >= 0.6 is 12.4 Å². The monoisotopic (exact) mass is 325 g/mol. The van der Waals surface area contributed by atoms with Gasteiger partial charge in [-0.2, -0.15) is 0 Å². The van der Waals surface area contributed by atoms with Gasteiger partial charge in [0.05, 0.1) is 0 Å². The van der Waals surface area contributed by atoms with E-state index in [4.69, 9.17) is 5.73 Å². The van der Waals surface area contributed by atoms with Gasteiger partial charge in [0.15, 0.2) is 0 Å². The summed E-state index contributed by atoms with van der Waals surface area (Å²) in [5, 5.41) is 5.81. The SMILES string of the molecule is CC(=O)NCc1ccc(C(=O)NC2CCCC2CN)cc1.Cl. The highest BCUT2D eigenvalue weighted by atomic mass is 35.5. The van der Waals surface area contributed by atoms with Gasteiger partial charge in [0.1, 0.15) is 0 Å². The van der Waals surface area contributed by atoms with Crippen molar-refractivity contribution in [2.24, 2.45) is 11.7 Å². The van der Waals surface area contributed by atoms with Crippen LogP contribution in [0.5, 0.6) is 0 Å². The summed E-state index contributed by atoms with van der Waals surface area (Å²) < 4.78 is 0. The Balaban J connectivity index is 0.00000242. The topological polar surface area (TPSA) is 84.2 Å². The number of carbonyl (C=O) groups is 2. The molecule has 1 fully saturated rings. The standard InChI is InChI=1S/C16H23N3O2.ClH/c1-11(20)18-10-12-5-7-13(8-6-12)16(21)19-15-4-2-3-14(15)9-17;/h5-8,14-15H,2-4,9-10,17H2,1H3,(H,18,20)(H,19,21);1H. The molecule has 1 aliphatic rings. The highest BCUT2D eigenvalue weighted by Gasteiger charge is 2.27. The molecule has 2 rings (SSSR count). The number of rotatable bonds is 5. The Bertz CT molecular complexity index is 505. The first-order chi connectivity index (χ1) is 10.1. The molecule has 4 N–H and O–H groups in total. The van der Waals surface area contributed by atoms with Crippen LogP contribution in [-0.2, 0) is 11.3 Å². The van der Waals surface area contributed by atoms with Crippen LogP contribution in [0.1, 0.15) is 42.1 Å². The van der Waals surface area contributed by atoms with Gasteiger partial charge in [-0.3, -0.25) is 9.59 Å². The number of hydrogen-bond acceptors (Lipinski definition) is 3. The maximum absolute atomic E-state index is 12.2. The third-order valence-electron chi connectivity index (χ3n) is 4.04. The molecule has 2 amide bonds. The van der Waals surface area contributed by atoms with Crippen LogP contribution in [0.15, 0.2) is 24.3 Å². The smallest absolute Gasteiger partial charge is 0.251 e. The molecule has 0 heterocycles. The van der Waals surface area contributed by atoms with E-state index >= 15 is 0 Å². The molecule has 2 atom stereocenters. The van der Waals surface area contributed by atoms with Gasteiger partial charge >= 0.3 is 0 Å². The molecule has 2 unspecified atom stereocenters. The lowest BCUT2D eigenvalue weighted by Gasteiger charge is -2.19. The lowest BCUT2D eigenvalue weighted by molar-refractivity contribution is -0.119. The number of benzene rings is 1. The quantitative estimate of drug-likeness (QED) is 0.769. The summed E-state index contributed by atoms with van der Waals surface area (Å²) in [5.41, 5.74) is 7.35. The predicted molar refractivity (Wildman–Crippen MR) is 88.9 cm³/mol. The minimum Gasteiger partial charge on any atom is -0.352 e. The van der Waals surface area contributed by atoms with Gasteiger partial charge in [0.2, 0.25) is 5.91 Å². The van der Waals surface area contributed by atoms with E-state index in [1.807, 2.05) is 12.1 Å². The van der Waals surface area contributed by atoms with Crippen molar-refractivity contribution in [3.8, 4) is 0 Å². The molecule has 5 nitrogen and oxygen atoms in total. The Morgan fingerprint density at radius 2 is 1.91 bits per heavy atom. The van der Waals surface area contributed by atoms with Crippen LogP contribution in [0.4, 0.5) is 0 Å². The van der Waals surface area contributed by atoms with Gasteiger partial charge in [-0.1, -0.05) is 18.6 Å². The van der Waals surface area contributed by atoms with Crippen LogP contribution in [0, 0.1) is 5.92 Å². The molecule has 22 heavy (non-hydrogen) atoms. The van der Waals surface area contributed by atoms with E-state index in [9.17, 15) is 9.59 Å². The van der Waals surface area contributed by atoms with Crippen molar-refractivity contribution in [2.75, 3.05) is 6.54 Å². The summed E-state index contributed by atoms with van der Waals surface area (Å²) in [5.74, 6) is 0.283. The van der Waals surface area contributed by atoms with Gasteiger partial charge < -0.3 is 16.4 Å². The normalized spacial score (nSPS) is 20.1. The number of nitrogens with one attached hydrogen (secondary N) is 2. The van der Waals surface area contributed by atoms with Crippen molar-refractivity contribution >= 4 is 24.2 Å². The lowest BCUT2D eigenvalue weighted by atomic mass is 10.0. The fourth-order valence-corrected chi connectivity index (χ4v) is 2.76. The van der Waals surface area contributed by atoms with Gasteiger partial charge in [0.25, 0.3) is 5.91 Å². The summed E-state index contributed by atoms with van der Waals surface area (Å²) >= 11 is 0. The van der Waals surface area contributed by atoms with E-state index in [2.05, 4.69) is 10.6 Å². The number of nitrogens with two attached hydrogens (primary N) is 1. The zero-order valence-corrected chi connectivity index (χ0v) is 13.6. The Hall–Kier alpha value is -1.59. The average molecular weight is 326 g/mol. The van der Waals surface area contributed by atoms with Crippen LogP contribution < -0.4 is 16.4 Å². The summed E-state index contributed by atoms with van der Waals surface area (Å²) in [6.45, 7) is 2.59. The van der Waals surface area contributed by atoms with Gasteiger partial charge in [-0.15, -0.1) is 12.4 Å². The predicted octanol–water partition coefficient (Wildman–Crippen LogP) is 1.60. The first-order valence-corrected chi connectivity index (χ1v) is 7.44. The van der Waals surface area contributed by atoms with Crippen molar-refractivity contribution in [3.05, 3.63) is 35.4 Å². The van der Waals surface area contributed by atoms with E-state index in [0.29, 0.717) is 24.6 Å². The third kappa shape index (κ3) is 5.00. The van der Waals surface area contributed by atoms with Crippen molar-refractivity contribution in [1.82, 2.24) is 10.6 Å². The van der Waals surface area contributed by atoms with Crippen molar-refractivity contribution in [3.63, 3.8) is 0 Å². The molecule has 0 spiro atoms. The largest absolute Gasteiger partial charge is 0.352 e. The fourth-order valence-electron chi connectivity index (χ4n) is 2.76. The van der Waals surface area contributed by atoms with Crippen molar-refractivity contribution in [2.45, 2.75) is 38.8 Å². The number of amides is 2. The van der Waals surface area contributed by atoms with E-state index < -0.39 is 0 Å². The van der Waals surface area contributed by atoms with E-state index in [1.54, 1.807) is 12.1 Å². The minimum absolute atomic E-state index is 0. The second-order valence-corrected chi connectivity index (χ2v) is 5.61. The van der Waals surface area contributed by atoms with Crippen molar-refractivity contribution < 1.29 is 9.59 Å². The Labute approximate surface area is 137 Å². The molecule has 1 aromatic carbocycles. The van der Waals surface area contributed by atoms with Crippen LogP contribution in [0.3, 0.4) is 0 Å². The first kappa shape index (κ1) is 18.5. The summed E-state index contributed by atoms with van der Waals surface area (Å²) in [6.07, 6.45) is 3.23. The fraction of sp³-hybridized carbons (Fsp3) is 0.500. The van der Waals surface area contributed by atoms with Crippen molar-refractivity contribution in [1.29, 1.82) is 0 Å². The third-order valence-corrected chi connectivity index (χ3v) is 4.04. The first-order valence-electron chi connectivity index (χ1n) is 7.44. The molecular weight excluding hydrogens is 302 g/mol. The molecule has 0 radical (unpaired) electrons. The Kier molecular flexibility index (Phi) is 7.35. The summed E-state index contributed by atoms with van der Waals surface area (Å²) in [4.78, 5) is 23.1. The summed E-state index contributed by atoms with van der Waals surface area (Å²) in [6, 6.07) is 7.50. The second-order valence-electron chi connectivity index (χ2n) is 5.61. The summed E-state index contributed by atoms with van der Waals surface area (Å²) in [7, 11) is 0. The maximum atomic E-state index is 12.2. The zero-order chi connectivity index (χ0) is 15.2. The molecule has 0 saturated heterocycles. The lowest BCUT2D eigenvalue weighted by Crippen LogP contribution is -2.39. The van der Waals surface area contributed by atoms with Crippen LogP contribution in [0.25, 0.3) is 0 Å². The Morgan fingerprint density at radius 1 is 1.23 bits per heavy atom. The van der Waals surface area contributed by atoms with E-state index in [-0.39, 0.29) is 30.3 Å². The molecule has 6 heteroatoms. The second kappa shape index (κ2) is 8.76. The minimum atomic E-state index is -0.0640. The molecular formula is C16H24ClN3O2. The number of carbonyl (C=O) groups excluding carboxylic acids is 2. The average Bonchev–Trinajstić information content (AvgIpc) is 2.92. The molecule has 0 aliphatic heterocycles. The molecule has 0 bridgehead atoms. The molecule has 1 aliphatic carbocycles. The molecule has 1 aromatic rings. The molecule has 1 saturated carbocycles. The Morgan fingerprint density at radius 3 is 2.50 bits per heavy atom. The maximum Gasteiger partial charge on any atom is 0.251 e. The highest BCUT2D eigenvalue weighted by molar-refractivity contribution is 5.94. The highest BCUT2D eigenvalue weighted by Crippen LogP contribution is 2.24. The van der Waals surface area contributed by atoms with Gasteiger partial charge in [-0.25, -0.2) is 0 Å². The van der Waals surface area contributed by atoms with Gasteiger partial charge in [-0.05, 0) is 43.0 Å². The van der Waals surface area contributed by atoms with Gasteiger partial charge in [0, 0.05) is 25.1 Å². The zero-order valence-electron chi connectivity index (χ0n) is 12.8. The molecule has 122 valence electrons. The number of hydrogen-bond donors (Lipinski definition) is 3. The van der Waals surface area contributed by atoms with E-state index in [1.165, 1.54) is 6.92 Å². The molecule has 0 aromatic heterocycles. The van der Waals surface area contributed by atoms with Crippen LogP contribution in [0.2, 0.25) is 0 Å². The van der Waals surface area contributed by atoms with E-state index in [0.717, 1.165) is 24.8 Å².